The smallest absolute Gasteiger partial charge is 0.332 e. The number of benzene rings is 1. The molecule has 2 aromatic rings. The monoisotopic (exact) mass is 396 g/mol. The molecule has 29 heavy (non-hydrogen) atoms. The maximum atomic E-state index is 12.9. The van der Waals surface area contributed by atoms with Crippen molar-refractivity contribution in [2.75, 3.05) is 24.5 Å². The summed E-state index contributed by atoms with van der Waals surface area (Å²) in [6.45, 7) is 8.37. The van der Waals surface area contributed by atoms with Crippen molar-refractivity contribution in [3.8, 4) is 0 Å². The normalized spacial score (nSPS) is 21.8. The molecule has 2 saturated heterocycles. The molecule has 0 N–H and O–H groups in total. The molecule has 0 radical (unpaired) electrons. The Kier molecular flexibility index (Phi) is 5.06. The average molecular weight is 396 g/mol. The fourth-order valence-corrected chi connectivity index (χ4v) is 4.50. The number of nitrogens with zero attached hydrogens (tertiary/aromatic N) is 4. The van der Waals surface area contributed by atoms with Gasteiger partial charge in [0.2, 0.25) is 5.91 Å². The minimum atomic E-state index is -0.335. The van der Waals surface area contributed by atoms with Crippen molar-refractivity contribution in [2.45, 2.75) is 46.2 Å². The first-order valence-electron chi connectivity index (χ1n) is 10.5. The van der Waals surface area contributed by atoms with Crippen LogP contribution in [-0.2, 0) is 16.1 Å². The van der Waals surface area contributed by atoms with E-state index >= 15 is 0 Å². The van der Waals surface area contributed by atoms with E-state index in [-0.39, 0.29) is 30.4 Å². The van der Waals surface area contributed by atoms with E-state index in [1.807, 2.05) is 42.8 Å². The Morgan fingerprint density at radius 2 is 1.93 bits per heavy atom. The molecule has 4 amide bonds. The molecule has 4 rings (SSSR count). The molecular formula is C22H28N4O3. The Balaban J connectivity index is 1.60. The number of urea groups is 1. The lowest BCUT2D eigenvalue weighted by molar-refractivity contribution is -0.131. The third-order valence-electron chi connectivity index (χ3n) is 6.24. The van der Waals surface area contributed by atoms with Gasteiger partial charge in [-0.25, -0.2) is 9.69 Å². The summed E-state index contributed by atoms with van der Waals surface area (Å²) < 4.78 is 1.92. The quantitative estimate of drug-likeness (QED) is 0.730. The molecule has 0 aliphatic carbocycles. The van der Waals surface area contributed by atoms with Crippen LogP contribution in [0.2, 0.25) is 0 Å². The Morgan fingerprint density at radius 3 is 2.66 bits per heavy atom. The predicted octanol–water partition coefficient (Wildman–Crippen LogP) is 3.08. The van der Waals surface area contributed by atoms with Crippen molar-refractivity contribution in [1.82, 2.24) is 14.4 Å². The van der Waals surface area contributed by atoms with Gasteiger partial charge >= 0.3 is 6.03 Å². The Morgan fingerprint density at radius 1 is 1.17 bits per heavy atom. The van der Waals surface area contributed by atoms with Crippen molar-refractivity contribution in [3.63, 3.8) is 0 Å². The van der Waals surface area contributed by atoms with Gasteiger partial charge in [0.25, 0.3) is 5.91 Å². The maximum Gasteiger partial charge on any atom is 0.332 e. The highest BCUT2D eigenvalue weighted by molar-refractivity contribution is 6.21. The third kappa shape index (κ3) is 3.28. The number of anilines is 1. The second-order valence-electron chi connectivity index (χ2n) is 8.05. The fraction of sp³-hybridized carbons (Fsp3) is 0.500. The Hall–Kier alpha value is -2.83. The van der Waals surface area contributed by atoms with Gasteiger partial charge < -0.3 is 14.4 Å². The molecule has 7 nitrogen and oxygen atoms in total. The SMILES string of the molecule is CCN(CC)C(=O)Cn1ccc2cc(N3C(=O)[C@H]4C[C@H](C)CCN4C3=O)ccc21. The lowest BCUT2D eigenvalue weighted by atomic mass is 9.93. The summed E-state index contributed by atoms with van der Waals surface area (Å²) in [7, 11) is 0. The summed E-state index contributed by atoms with van der Waals surface area (Å²) in [6, 6.07) is 6.93. The zero-order valence-corrected chi connectivity index (χ0v) is 17.3. The number of piperidine rings is 1. The molecular weight excluding hydrogens is 368 g/mol. The van der Waals surface area contributed by atoms with Gasteiger partial charge in [0, 0.05) is 36.7 Å². The summed E-state index contributed by atoms with van der Waals surface area (Å²) in [4.78, 5) is 43.1. The van der Waals surface area contributed by atoms with Gasteiger partial charge in [-0.3, -0.25) is 9.59 Å². The van der Waals surface area contributed by atoms with E-state index in [2.05, 4.69) is 6.92 Å². The number of carbonyl (C=O) groups excluding carboxylic acids is 3. The molecule has 3 heterocycles. The van der Waals surface area contributed by atoms with Gasteiger partial charge in [-0.1, -0.05) is 6.92 Å². The molecule has 0 unspecified atom stereocenters. The topological polar surface area (TPSA) is 65.9 Å². The van der Waals surface area contributed by atoms with Crippen LogP contribution in [0.5, 0.6) is 0 Å². The van der Waals surface area contributed by atoms with Crippen molar-refractivity contribution >= 4 is 34.4 Å². The molecule has 2 atom stereocenters. The molecule has 154 valence electrons. The van der Waals surface area contributed by atoms with Crippen molar-refractivity contribution < 1.29 is 14.4 Å². The van der Waals surface area contributed by atoms with E-state index in [0.717, 1.165) is 23.7 Å². The van der Waals surface area contributed by atoms with E-state index in [0.29, 0.717) is 31.2 Å². The largest absolute Gasteiger partial charge is 0.342 e. The number of fused-ring (bicyclic) bond motifs is 2. The number of hydrogen-bond acceptors (Lipinski definition) is 3. The van der Waals surface area contributed by atoms with E-state index in [4.69, 9.17) is 0 Å². The van der Waals surface area contributed by atoms with Crippen LogP contribution < -0.4 is 4.90 Å². The summed E-state index contributed by atoms with van der Waals surface area (Å²) in [6.07, 6.45) is 3.55. The molecule has 0 bridgehead atoms. The first kappa shape index (κ1) is 19.5. The summed E-state index contributed by atoms with van der Waals surface area (Å²) >= 11 is 0. The number of amides is 4. The standard InChI is InChI=1S/C22H28N4O3/c1-4-23(5-2)20(27)14-24-10-9-16-13-17(6-7-18(16)24)26-21(28)19-12-15(3)8-11-25(19)22(26)29/h6-7,9-10,13,15,19H,4-5,8,11-12,14H2,1-3H3/t15-,19-/m1/s1. The number of carbonyl (C=O) groups is 3. The number of rotatable bonds is 5. The van der Waals surface area contributed by atoms with Crippen LogP contribution in [0.4, 0.5) is 10.5 Å². The highest BCUT2D eigenvalue weighted by Crippen LogP contribution is 2.34. The molecule has 7 heteroatoms. The Labute approximate surface area is 170 Å². The van der Waals surface area contributed by atoms with Crippen LogP contribution in [-0.4, -0.2) is 57.9 Å². The van der Waals surface area contributed by atoms with Gasteiger partial charge in [-0.15, -0.1) is 0 Å². The first-order valence-corrected chi connectivity index (χ1v) is 10.5. The average Bonchev–Trinajstić information content (AvgIpc) is 3.21. The van der Waals surface area contributed by atoms with Crippen LogP contribution in [0.25, 0.3) is 10.9 Å². The van der Waals surface area contributed by atoms with E-state index < -0.39 is 0 Å². The van der Waals surface area contributed by atoms with Gasteiger partial charge in [-0.05, 0) is 56.9 Å². The van der Waals surface area contributed by atoms with E-state index in [1.54, 1.807) is 15.9 Å². The lowest BCUT2D eigenvalue weighted by Crippen LogP contribution is -2.41. The zero-order chi connectivity index (χ0) is 20.7. The minimum Gasteiger partial charge on any atom is -0.342 e. The van der Waals surface area contributed by atoms with Crippen LogP contribution in [0, 0.1) is 5.92 Å². The first-order chi connectivity index (χ1) is 13.9. The molecule has 2 fully saturated rings. The van der Waals surface area contributed by atoms with Crippen LogP contribution in [0.1, 0.15) is 33.6 Å². The molecule has 0 saturated carbocycles. The molecule has 1 aromatic carbocycles. The summed E-state index contributed by atoms with van der Waals surface area (Å²) in [5.74, 6) is 0.400. The number of imide groups is 1. The van der Waals surface area contributed by atoms with Crippen LogP contribution in [0.3, 0.4) is 0 Å². The summed E-state index contributed by atoms with van der Waals surface area (Å²) in [5, 5.41) is 0.911. The maximum absolute atomic E-state index is 12.9. The van der Waals surface area contributed by atoms with Crippen molar-refractivity contribution in [2.24, 2.45) is 5.92 Å². The van der Waals surface area contributed by atoms with Crippen molar-refractivity contribution in [3.05, 3.63) is 30.5 Å². The predicted molar refractivity (Wildman–Crippen MR) is 112 cm³/mol. The highest BCUT2D eigenvalue weighted by atomic mass is 16.2. The van der Waals surface area contributed by atoms with Crippen LogP contribution in [0.15, 0.2) is 30.5 Å². The van der Waals surface area contributed by atoms with Gasteiger partial charge in [0.15, 0.2) is 0 Å². The van der Waals surface area contributed by atoms with Crippen LogP contribution >= 0.6 is 0 Å². The number of aromatic nitrogens is 1. The third-order valence-corrected chi connectivity index (χ3v) is 6.24. The number of hydrogen-bond donors (Lipinski definition) is 0. The zero-order valence-electron chi connectivity index (χ0n) is 17.3. The van der Waals surface area contributed by atoms with E-state index in [9.17, 15) is 14.4 Å². The van der Waals surface area contributed by atoms with E-state index in [1.165, 1.54) is 4.90 Å². The van der Waals surface area contributed by atoms with Gasteiger partial charge in [0.1, 0.15) is 12.6 Å². The molecule has 1 aromatic heterocycles. The fourth-order valence-electron chi connectivity index (χ4n) is 4.50. The highest BCUT2D eigenvalue weighted by Gasteiger charge is 2.47. The van der Waals surface area contributed by atoms with Gasteiger partial charge in [-0.2, -0.15) is 0 Å². The molecule has 2 aliphatic rings. The lowest BCUT2D eigenvalue weighted by Gasteiger charge is -2.30. The summed E-state index contributed by atoms with van der Waals surface area (Å²) in [5.41, 5.74) is 1.52. The molecule has 2 aliphatic heterocycles. The Bertz CT molecular complexity index is 962. The van der Waals surface area contributed by atoms with Crippen molar-refractivity contribution in [1.29, 1.82) is 0 Å². The molecule has 0 spiro atoms. The van der Waals surface area contributed by atoms with Gasteiger partial charge in [0.05, 0.1) is 5.69 Å². The minimum absolute atomic E-state index is 0.0764. The second-order valence-corrected chi connectivity index (χ2v) is 8.05. The second kappa shape index (κ2) is 7.54. The number of likely N-dealkylation sites (N-methyl/N-ethyl adjacent to an activating group) is 1.